The van der Waals surface area contributed by atoms with Crippen molar-refractivity contribution in [2.45, 2.75) is 33.4 Å². The van der Waals surface area contributed by atoms with Crippen LogP contribution in [0.1, 0.15) is 48.3 Å². The van der Waals surface area contributed by atoms with Crippen molar-refractivity contribution in [2.24, 2.45) is 5.92 Å². The second-order valence-corrected chi connectivity index (χ2v) is 6.21. The first-order valence-electron chi connectivity index (χ1n) is 8.16. The number of rotatable bonds is 6. The molecule has 0 heterocycles. The van der Waals surface area contributed by atoms with Gasteiger partial charge in [0.05, 0.1) is 6.04 Å². The highest BCUT2D eigenvalue weighted by molar-refractivity contribution is 5.94. The maximum absolute atomic E-state index is 12.5. The van der Waals surface area contributed by atoms with Crippen LogP contribution in [0.3, 0.4) is 0 Å². The summed E-state index contributed by atoms with van der Waals surface area (Å²) in [6.07, 6.45) is 0. The molecule has 0 aliphatic heterocycles. The van der Waals surface area contributed by atoms with E-state index in [1.165, 1.54) is 6.92 Å². The monoisotopic (exact) mass is 324 g/mol. The molecule has 24 heavy (non-hydrogen) atoms. The Bertz CT molecular complexity index is 679. The Hall–Kier alpha value is -2.62. The fraction of sp³-hybridized carbons (Fsp3) is 0.300. The number of hydrogen-bond acceptors (Lipinski definition) is 2. The summed E-state index contributed by atoms with van der Waals surface area (Å²) in [6, 6.07) is 17.2. The molecule has 2 aromatic rings. The molecule has 0 aromatic heterocycles. The summed E-state index contributed by atoms with van der Waals surface area (Å²) in [6.45, 7) is 6.14. The predicted octanol–water partition coefficient (Wildman–Crippen LogP) is 3.45. The van der Waals surface area contributed by atoms with Gasteiger partial charge < -0.3 is 10.6 Å². The molecule has 1 unspecified atom stereocenters. The molecular weight excluding hydrogens is 300 g/mol. The summed E-state index contributed by atoms with van der Waals surface area (Å²) >= 11 is 0. The van der Waals surface area contributed by atoms with Crippen LogP contribution in [0.2, 0.25) is 0 Å². The van der Waals surface area contributed by atoms with Gasteiger partial charge in [0.2, 0.25) is 5.91 Å². The van der Waals surface area contributed by atoms with E-state index in [1.807, 2.05) is 42.5 Å². The van der Waals surface area contributed by atoms with Gasteiger partial charge in [-0.3, -0.25) is 9.59 Å². The normalized spacial score (nSPS) is 11.8. The van der Waals surface area contributed by atoms with Gasteiger partial charge in [-0.2, -0.15) is 0 Å². The van der Waals surface area contributed by atoms with Crippen molar-refractivity contribution in [3.8, 4) is 0 Å². The molecule has 2 rings (SSSR count). The average Bonchev–Trinajstić information content (AvgIpc) is 2.58. The summed E-state index contributed by atoms with van der Waals surface area (Å²) in [4.78, 5) is 23.5. The highest BCUT2D eigenvalue weighted by atomic mass is 16.2. The van der Waals surface area contributed by atoms with Gasteiger partial charge in [-0.25, -0.2) is 0 Å². The third-order valence-electron chi connectivity index (χ3n) is 3.87. The second-order valence-electron chi connectivity index (χ2n) is 6.21. The fourth-order valence-electron chi connectivity index (χ4n) is 2.52. The molecular formula is C20H24N2O2. The van der Waals surface area contributed by atoms with Crippen LogP contribution >= 0.6 is 0 Å². The number of hydrogen-bond donors (Lipinski definition) is 2. The zero-order valence-electron chi connectivity index (χ0n) is 14.4. The van der Waals surface area contributed by atoms with E-state index in [0.29, 0.717) is 12.1 Å². The molecule has 1 atom stereocenters. The molecule has 126 valence electrons. The molecule has 0 aliphatic rings. The lowest BCUT2D eigenvalue weighted by molar-refractivity contribution is -0.119. The lowest BCUT2D eigenvalue weighted by Gasteiger charge is -2.23. The molecule has 4 heteroatoms. The maximum atomic E-state index is 12.5. The third-order valence-corrected chi connectivity index (χ3v) is 3.87. The van der Waals surface area contributed by atoms with E-state index in [4.69, 9.17) is 0 Å². The molecule has 2 aromatic carbocycles. The minimum Gasteiger partial charge on any atom is -0.352 e. The quantitative estimate of drug-likeness (QED) is 0.855. The van der Waals surface area contributed by atoms with Crippen molar-refractivity contribution in [2.75, 3.05) is 0 Å². The Balaban J connectivity index is 2.06. The van der Waals surface area contributed by atoms with E-state index >= 15 is 0 Å². The van der Waals surface area contributed by atoms with Crippen LogP contribution in [0, 0.1) is 5.92 Å². The summed E-state index contributed by atoms with van der Waals surface area (Å²) in [5.74, 6) is 0.124. The molecule has 4 nitrogen and oxygen atoms in total. The van der Waals surface area contributed by atoms with E-state index in [1.54, 1.807) is 12.1 Å². The molecule has 0 saturated heterocycles. The van der Waals surface area contributed by atoms with E-state index in [-0.39, 0.29) is 23.8 Å². The van der Waals surface area contributed by atoms with Crippen molar-refractivity contribution in [1.82, 2.24) is 10.6 Å². The van der Waals surface area contributed by atoms with Crippen LogP contribution < -0.4 is 10.6 Å². The van der Waals surface area contributed by atoms with Gasteiger partial charge in [-0.05, 0) is 29.2 Å². The van der Waals surface area contributed by atoms with Crippen molar-refractivity contribution < 1.29 is 9.59 Å². The number of amides is 2. The van der Waals surface area contributed by atoms with Gasteiger partial charge in [-0.1, -0.05) is 56.3 Å². The largest absolute Gasteiger partial charge is 0.352 e. The average molecular weight is 324 g/mol. The Morgan fingerprint density at radius 2 is 1.58 bits per heavy atom. The van der Waals surface area contributed by atoms with E-state index in [2.05, 4.69) is 24.5 Å². The van der Waals surface area contributed by atoms with Crippen LogP contribution in [0.4, 0.5) is 0 Å². The van der Waals surface area contributed by atoms with Crippen LogP contribution in [-0.2, 0) is 11.3 Å². The minimum absolute atomic E-state index is 0.0299. The topological polar surface area (TPSA) is 58.2 Å². The summed E-state index contributed by atoms with van der Waals surface area (Å²) in [5, 5.41) is 5.85. The van der Waals surface area contributed by atoms with E-state index < -0.39 is 0 Å². The summed E-state index contributed by atoms with van der Waals surface area (Å²) in [5.41, 5.74) is 2.68. The number of carbonyl (C=O) groups is 2. The zero-order chi connectivity index (χ0) is 17.5. The Labute approximate surface area is 143 Å². The lowest BCUT2D eigenvalue weighted by atomic mass is 9.95. The van der Waals surface area contributed by atoms with Crippen molar-refractivity contribution in [3.63, 3.8) is 0 Å². The number of nitrogens with one attached hydrogen (secondary N) is 2. The Kier molecular flexibility index (Phi) is 6.13. The highest BCUT2D eigenvalue weighted by Gasteiger charge is 2.18. The van der Waals surface area contributed by atoms with Crippen LogP contribution in [0.15, 0.2) is 54.6 Å². The molecule has 0 bridgehead atoms. The molecule has 0 radical (unpaired) electrons. The Morgan fingerprint density at radius 1 is 0.958 bits per heavy atom. The minimum atomic E-state index is -0.0939. The second kappa shape index (κ2) is 8.29. The lowest BCUT2D eigenvalue weighted by Crippen LogP contribution is -2.31. The standard InChI is InChI=1S/C20H24N2O2/c1-14(2)19(17-7-5-4-6-8-17)22-20(24)18-11-9-16(10-12-18)13-21-15(3)23/h4-12,14,19H,13H2,1-3H3,(H,21,23)(H,22,24). The molecule has 0 spiro atoms. The number of benzene rings is 2. The van der Waals surface area contributed by atoms with Gasteiger partial charge in [0.15, 0.2) is 0 Å². The molecule has 0 fully saturated rings. The van der Waals surface area contributed by atoms with Crippen molar-refractivity contribution in [1.29, 1.82) is 0 Å². The predicted molar refractivity (Wildman–Crippen MR) is 95.4 cm³/mol. The first kappa shape index (κ1) is 17.7. The van der Waals surface area contributed by atoms with Gasteiger partial charge in [-0.15, -0.1) is 0 Å². The molecule has 2 amide bonds. The smallest absolute Gasteiger partial charge is 0.251 e. The highest BCUT2D eigenvalue weighted by Crippen LogP contribution is 2.22. The number of carbonyl (C=O) groups excluding carboxylic acids is 2. The third kappa shape index (κ3) is 4.95. The Morgan fingerprint density at radius 3 is 2.12 bits per heavy atom. The van der Waals surface area contributed by atoms with Crippen molar-refractivity contribution in [3.05, 3.63) is 71.3 Å². The van der Waals surface area contributed by atoms with Gasteiger partial charge in [0, 0.05) is 19.0 Å². The first-order valence-corrected chi connectivity index (χ1v) is 8.16. The van der Waals surface area contributed by atoms with Gasteiger partial charge in [0.25, 0.3) is 5.91 Å². The summed E-state index contributed by atoms with van der Waals surface area (Å²) in [7, 11) is 0. The van der Waals surface area contributed by atoms with Crippen LogP contribution in [0.5, 0.6) is 0 Å². The van der Waals surface area contributed by atoms with Crippen molar-refractivity contribution >= 4 is 11.8 Å². The van der Waals surface area contributed by atoms with E-state index in [9.17, 15) is 9.59 Å². The van der Waals surface area contributed by atoms with Crippen LogP contribution in [0.25, 0.3) is 0 Å². The molecule has 0 saturated carbocycles. The molecule has 0 aliphatic carbocycles. The molecule has 2 N–H and O–H groups in total. The van der Waals surface area contributed by atoms with Gasteiger partial charge in [0.1, 0.15) is 0 Å². The van der Waals surface area contributed by atoms with E-state index in [0.717, 1.165) is 11.1 Å². The van der Waals surface area contributed by atoms with Gasteiger partial charge >= 0.3 is 0 Å². The zero-order valence-corrected chi connectivity index (χ0v) is 14.4. The fourth-order valence-corrected chi connectivity index (χ4v) is 2.52. The SMILES string of the molecule is CC(=O)NCc1ccc(C(=O)NC(c2ccccc2)C(C)C)cc1. The first-order chi connectivity index (χ1) is 11.5. The van der Waals surface area contributed by atoms with Crippen LogP contribution in [-0.4, -0.2) is 11.8 Å². The maximum Gasteiger partial charge on any atom is 0.251 e. The summed E-state index contributed by atoms with van der Waals surface area (Å²) < 4.78 is 0.